The Balaban J connectivity index is 2.12. The Bertz CT molecular complexity index is 287. The largest absolute Gasteiger partial charge is 0.326 e. The quantitative estimate of drug-likeness (QED) is 0.877. The van der Waals surface area contributed by atoms with Gasteiger partial charge in [0.25, 0.3) is 0 Å². The fourth-order valence-electron chi connectivity index (χ4n) is 2.60. The van der Waals surface area contributed by atoms with Gasteiger partial charge >= 0.3 is 0 Å². The molecule has 0 aromatic carbocycles. The molecule has 0 bridgehead atoms. The second kappa shape index (κ2) is 5.80. The van der Waals surface area contributed by atoms with E-state index in [0.29, 0.717) is 6.04 Å². The van der Waals surface area contributed by atoms with Crippen molar-refractivity contribution in [3.05, 3.63) is 22.4 Å². The van der Waals surface area contributed by atoms with Gasteiger partial charge in [0, 0.05) is 10.9 Å². The average molecular weight is 238 g/mol. The summed E-state index contributed by atoms with van der Waals surface area (Å²) in [7, 11) is 0. The lowest BCUT2D eigenvalue weighted by molar-refractivity contribution is 0.186. The van der Waals surface area contributed by atoms with Crippen molar-refractivity contribution in [3.8, 4) is 0 Å². The Morgan fingerprint density at radius 3 is 2.44 bits per heavy atom. The molecule has 90 valence electrons. The van der Waals surface area contributed by atoms with E-state index in [-0.39, 0.29) is 6.04 Å². The first kappa shape index (κ1) is 12.1. The van der Waals surface area contributed by atoms with Crippen LogP contribution in [0.1, 0.15) is 43.5 Å². The molecule has 2 N–H and O–H groups in total. The number of rotatable bonds is 3. The zero-order chi connectivity index (χ0) is 11.4. The maximum absolute atomic E-state index is 6.17. The van der Waals surface area contributed by atoms with Crippen molar-refractivity contribution < 1.29 is 0 Å². The van der Waals surface area contributed by atoms with Crippen molar-refractivity contribution in [2.45, 2.75) is 44.7 Å². The second-order valence-corrected chi connectivity index (χ2v) is 5.75. The van der Waals surface area contributed by atoms with E-state index in [2.05, 4.69) is 29.3 Å². The predicted molar refractivity (Wildman–Crippen MR) is 70.8 cm³/mol. The summed E-state index contributed by atoms with van der Waals surface area (Å²) in [4.78, 5) is 4.01. The van der Waals surface area contributed by atoms with Crippen molar-refractivity contribution in [2.24, 2.45) is 5.73 Å². The molecule has 1 aliphatic heterocycles. The van der Waals surface area contributed by atoms with Gasteiger partial charge in [-0.15, -0.1) is 11.3 Å². The highest BCUT2D eigenvalue weighted by Crippen LogP contribution is 2.29. The minimum absolute atomic E-state index is 0.219. The molecule has 1 fully saturated rings. The average Bonchev–Trinajstić information content (AvgIpc) is 2.62. The van der Waals surface area contributed by atoms with Crippen molar-refractivity contribution in [1.29, 1.82) is 0 Å². The maximum atomic E-state index is 6.17. The number of nitrogens with zero attached hydrogens (tertiary/aromatic N) is 1. The first-order valence-electron chi connectivity index (χ1n) is 6.32. The van der Waals surface area contributed by atoms with Crippen LogP contribution in [0, 0.1) is 0 Å². The molecular formula is C13H22N2S. The molecule has 2 atom stereocenters. The van der Waals surface area contributed by atoms with Crippen molar-refractivity contribution in [2.75, 3.05) is 13.1 Å². The number of hydrogen-bond acceptors (Lipinski definition) is 3. The highest BCUT2D eigenvalue weighted by Gasteiger charge is 2.25. The summed E-state index contributed by atoms with van der Waals surface area (Å²) in [5.41, 5.74) is 6.17. The maximum Gasteiger partial charge on any atom is 0.0590 e. The van der Waals surface area contributed by atoms with Gasteiger partial charge in [0.05, 0.1) is 6.04 Å². The van der Waals surface area contributed by atoms with Crippen LogP contribution in [0.15, 0.2) is 17.5 Å². The molecule has 0 saturated carbocycles. The van der Waals surface area contributed by atoms with Crippen LogP contribution in [0.3, 0.4) is 0 Å². The second-order valence-electron chi connectivity index (χ2n) is 4.77. The van der Waals surface area contributed by atoms with Crippen molar-refractivity contribution in [1.82, 2.24) is 4.90 Å². The first-order valence-corrected chi connectivity index (χ1v) is 7.20. The van der Waals surface area contributed by atoms with Crippen LogP contribution < -0.4 is 5.73 Å². The van der Waals surface area contributed by atoms with Crippen LogP contribution in [0.2, 0.25) is 0 Å². The Hall–Kier alpha value is -0.380. The molecule has 1 saturated heterocycles. The zero-order valence-corrected chi connectivity index (χ0v) is 10.9. The number of nitrogens with two attached hydrogens (primary N) is 1. The van der Waals surface area contributed by atoms with Gasteiger partial charge in [-0.25, -0.2) is 0 Å². The van der Waals surface area contributed by atoms with E-state index < -0.39 is 0 Å². The molecule has 0 amide bonds. The van der Waals surface area contributed by atoms with E-state index in [1.54, 1.807) is 0 Å². The van der Waals surface area contributed by atoms with Gasteiger partial charge in [-0.3, -0.25) is 4.90 Å². The third-order valence-electron chi connectivity index (χ3n) is 3.37. The lowest BCUT2D eigenvalue weighted by Gasteiger charge is -2.32. The zero-order valence-electron chi connectivity index (χ0n) is 10.1. The monoisotopic (exact) mass is 238 g/mol. The molecule has 2 nitrogen and oxygen atoms in total. The molecule has 1 aromatic rings. The number of hydrogen-bond donors (Lipinski definition) is 1. The molecule has 1 aromatic heterocycles. The summed E-state index contributed by atoms with van der Waals surface area (Å²) in [6.45, 7) is 4.56. The van der Waals surface area contributed by atoms with Gasteiger partial charge in [0.15, 0.2) is 0 Å². The van der Waals surface area contributed by atoms with E-state index in [4.69, 9.17) is 5.73 Å². The fourth-order valence-corrected chi connectivity index (χ4v) is 3.58. The Kier molecular flexibility index (Phi) is 4.38. The van der Waals surface area contributed by atoms with E-state index in [9.17, 15) is 0 Å². The topological polar surface area (TPSA) is 29.3 Å². The Labute approximate surface area is 102 Å². The van der Waals surface area contributed by atoms with Crippen LogP contribution >= 0.6 is 11.3 Å². The molecular weight excluding hydrogens is 216 g/mol. The molecule has 1 aliphatic rings. The van der Waals surface area contributed by atoms with Crippen LogP contribution in [-0.2, 0) is 0 Å². The summed E-state index contributed by atoms with van der Waals surface area (Å²) in [5, 5.41) is 2.16. The lowest BCUT2D eigenvalue weighted by atomic mass is 10.1. The third kappa shape index (κ3) is 2.84. The first-order chi connectivity index (χ1) is 7.79. The predicted octanol–water partition coefficient (Wildman–Crippen LogP) is 3.01. The number of likely N-dealkylation sites (tertiary alicyclic amines) is 1. The van der Waals surface area contributed by atoms with E-state index >= 15 is 0 Å². The summed E-state index contributed by atoms with van der Waals surface area (Å²) in [5.74, 6) is 0. The van der Waals surface area contributed by atoms with Gasteiger partial charge < -0.3 is 5.73 Å². The molecule has 2 unspecified atom stereocenters. The van der Waals surface area contributed by atoms with Gasteiger partial charge in [-0.2, -0.15) is 0 Å². The van der Waals surface area contributed by atoms with Gasteiger partial charge in [0.1, 0.15) is 0 Å². The third-order valence-corrected chi connectivity index (χ3v) is 4.31. The highest BCUT2D eigenvalue weighted by atomic mass is 32.1. The summed E-state index contributed by atoms with van der Waals surface area (Å²) in [6.07, 6.45) is 5.42. The van der Waals surface area contributed by atoms with Crippen LogP contribution in [0.5, 0.6) is 0 Å². The molecule has 0 spiro atoms. The molecule has 16 heavy (non-hydrogen) atoms. The van der Waals surface area contributed by atoms with E-state index in [1.165, 1.54) is 43.6 Å². The summed E-state index contributed by atoms with van der Waals surface area (Å²) in [6, 6.07) is 5.01. The van der Waals surface area contributed by atoms with Gasteiger partial charge in [-0.1, -0.05) is 18.9 Å². The van der Waals surface area contributed by atoms with Gasteiger partial charge in [0.2, 0.25) is 0 Å². The van der Waals surface area contributed by atoms with E-state index in [1.807, 2.05) is 11.3 Å². The fraction of sp³-hybridized carbons (Fsp3) is 0.692. The highest BCUT2D eigenvalue weighted by molar-refractivity contribution is 7.10. The summed E-state index contributed by atoms with van der Waals surface area (Å²) < 4.78 is 0. The summed E-state index contributed by atoms with van der Waals surface area (Å²) >= 11 is 1.84. The normalized spacial score (nSPS) is 22.6. The lowest BCUT2D eigenvalue weighted by Crippen LogP contribution is -2.39. The van der Waals surface area contributed by atoms with Crippen LogP contribution in [0.25, 0.3) is 0 Å². The Morgan fingerprint density at radius 2 is 1.94 bits per heavy atom. The Morgan fingerprint density at radius 1 is 1.25 bits per heavy atom. The van der Waals surface area contributed by atoms with Crippen molar-refractivity contribution >= 4 is 11.3 Å². The SMILES string of the molecule is CC(N)C(c1cccs1)N1CCCCCC1. The van der Waals surface area contributed by atoms with Crippen LogP contribution in [-0.4, -0.2) is 24.0 Å². The van der Waals surface area contributed by atoms with Gasteiger partial charge in [-0.05, 0) is 44.3 Å². The molecule has 0 aliphatic carbocycles. The van der Waals surface area contributed by atoms with Crippen molar-refractivity contribution in [3.63, 3.8) is 0 Å². The molecule has 2 heterocycles. The molecule has 3 heteroatoms. The minimum Gasteiger partial charge on any atom is -0.326 e. The standard InChI is InChI=1S/C13H22N2S/c1-11(14)13(12-7-6-10-16-12)15-8-4-2-3-5-9-15/h6-7,10-11,13H,2-5,8-9,14H2,1H3. The van der Waals surface area contributed by atoms with E-state index in [0.717, 1.165) is 0 Å². The minimum atomic E-state index is 0.219. The number of thiophene rings is 1. The molecule has 2 rings (SSSR count). The molecule has 0 radical (unpaired) electrons. The smallest absolute Gasteiger partial charge is 0.0590 e. The van der Waals surface area contributed by atoms with Crippen LogP contribution in [0.4, 0.5) is 0 Å².